The third kappa shape index (κ3) is 1.21. The van der Waals surface area contributed by atoms with E-state index in [0.717, 1.165) is 12.5 Å². The van der Waals surface area contributed by atoms with Crippen LogP contribution in [0.25, 0.3) is 0 Å². The first-order valence-electron chi connectivity index (χ1n) is 5.16. The Morgan fingerprint density at radius 1 is 1.31 bits per heavy atom. The lowest BCUT2D eigenvalue weighted by molar-refractivity contribution is 0.810. The van der Waals surface area contributed by atoms with Crippen molar-refractivity contribution < 1.29 is 0 Å². The number of pyridine rings is 1. The van der Waals surface area contributed by atoms with Gasteiger partial charge in [0.2, 0.25) is 0 Å². The zero-order valence-electron chi connectivity index (χ0n) is 7.71. The van der Waals surface area contributed by atoms with E-state index in [-0.39, 0.29) is 0 Å². The fraction of sp³-hybridized carbons (Fsp3) is 0.545. The molecule has 1 aromatic rings. The van der Waals surface area contributed by atoms with Gasteiger partial charge in [-0.1, -0.05) is 0 Å². The van der Waals surface area contributed by atoms with Crippen LogP contribution in [0, 0.1) is 0 Å². The van der Waals surface area contributed by atoms with Crippen LogP contribution >= 0.6 is 0 Å². The van der Waals surface area contributed by atoms with Crippen molar-refractivity contribution >= 4 is 5.69 Å². The number of anilines is 1. The van der Waals surface area contributed by atoms with E-state index in [1.165, 1.54) is 36.9 Å². The van der Waals surface area contributed by atoms with Gasteiger partial charge in [0.15, 0.2) is 0 Å². The summed E-state index contributed by atoms with van der Waals surface area (Å²) in [6, 6.07) is 0. The van der Waals surface area contributed by atoms with Crippen molar-refractivity contribution in [1.29, 1.82) is 0 Å². The molecule has 13 heavy (non-hydrogen) atoms. The summed E-state index contributed by atoms with van der Waals surface area (Å²) in [5, 5.41) is 3.42. The molecule has 2 heterocycles. The third-order valence-electron chi connectivity index (χ3n) is 3.03. The van der Waals surface area contributed by atoms with Gasteiger partial charge in [0.1, 0.15) is 0 Å². The molecule has 68 valence electrons. The van der Waals surface area contributed by atoms with Gasteiger partial charge in [-0.25, -0.2) is 0 Å². The Hall–Kier alpha value is -1.05. The third-order valence-corrected chi connectivity index (χ3v) is 3.03. The summed E-state index contributed by atoms with van der Waals surface area (Å²) in [5.74, 6) is 0.836. The Labute approximate surface area is 78.4 Å². The highest BCUT2D eigenvalue weighted by Gasteiger charge is 2.27. The molecule has 0 radical (unpaired) electrons. The minimum Gasteiger partial charge on any atom is -0.384 e. The average molecular weight is 174 g/mol. The quantitative estimate of drug-likeness (QED) is 0.706. The topological polar surface area (TPSA) is 24.9 Å². The summed E-state index contributed by atoms with van der Waals surface area (Å²) < 4.78 is 0. The van der Waals surface area contributed by atoms with Crippen LogP contribution in [-0.2, 0) is 6.42 Å². The molecule has 3 rings (SSSR count). The highest BCUT2D eigenvalue weighted by Crippen LogP contribution is 2.43. The fourth-order valence-corrected chi connectivity index (χ4v) is 2.17. The van der Waals surface area contributed by atoms with E-state index < -0.39 is 0 Å². The second kappa shape index (κ2) is 2.72. The molecule has 1 aliphatic carbocycles. The predicted octanol–water partition coefficient (Wildman–Crippen LogP) is 2.32. The number of aromatic nitrogens is 1. The van der Waals surface area contributed by atoms with Gasteiger partial charge in [-0.2, -0.15) is 0 Å². The van der Waals surface area contributed by atoms with Gasteiger partial charge in [0.25, 0.3) is 0 Å². The molecular weight excluding hydrogens is 160 g/mol. The lowest BCUT2D eigenvalue weighted by Crippen LogP contribution is -2.13. The van der Waals surface area contributed by atoms with Gasteiger partial charge < -0.3 is 5.32 Å². The van der Waals surface area contributed by atoms with E-state index >= 15 is 0 Å². The lowest BCUT2D eigenvalue weighted by atomic mass is 9.97. The van der Waals surface area contributed by atoms with Gasteiger partial charge >= 0.3 is 0 Å². The first kappa shape index (κ1) is 7.36. The summed E-state index contributed by atoms with van der Waals surface area (Å²) in [6.07, 6.45) is 9.31. The molecule has 0 bridgehead atoms. The lowest BCUT2D eigenvalue weighted by Gasteiger charge is -2.20. The molecule has 0 aromatic carbocycles. The number of fused-ring (bicyclic) bond motifs is 1. The highest BCUT2D eigenvalue weighted by atomic mass is 14.9. The molecule has 2 nitrogen and oxygen atoms in total. The number of hydrogen-bond donors (Lipinski definition) is 1. The van der Waals surface area contributed by atoms with Gasteiger partial charge in [0, 0.05) is 12.7 Å². The summed E-state index contributed by atoms with van der Waals surface area (Å²) >= 11 is 0. The van der Waals surface area contributed by atoms with E-state index in [0.29, 0.717) is 0 Å². The summed E-state index contributed by atoms with van der Waals surface area (Å²) in [4.78, 5) is 4.30. The minimum atomic E-state index is 0.836. The van der Waals surface area contributed by atoms with Crippen molar-refractivity contribution in [3.05, 3.63) is 23.5 Å². The molecule has 2 aliphatic rings. The maximum absolute atomic E-state index is 4.30. The zero-order chi connectivity index (χ0) is 8.67. The summed E-state index contributed by atoms with van der Waals surface area (Å²) in [5.41, 5.74) is 4.35. The van der Waals surface area contributed by atoms with Gasteiger partial charge in [-0.05, 0) is 42.7 Å². The molecule has 1 aliphatic heterocycles. The van der Waals surface area contributed by atoms with Crippen LogP contribution in [0.1, 0.15) is 36.3 Å². The standard InChI is InChI=1S/C11H14N2/c1-2-9-10(8-3-4-8)6-12-7-11(9)13-5-1/h6-8,13H,1-5H2. The molecular formula is C11H14N2. The first-order chi connectivity index (χ1) is 6.45. The number of rotatable bonds is 1. The summed E-state index contributed by atoms with van der Waals surface area (Å²) in [6.45, 7) is 1.11. The first-order valence-corrected chi connectivity index (χ1v) is 5.16. The highest BCUT2D eigenvalue weighted by molar-refractivity contribution is 5.55. The molecule has 0 unspecified atom stereocenters. The van der Waals surface area contributed by atoms with Crippen LogP contribution in [0.2, 0.25) is 0 Å². The monoisotopic (exact) mass is 174 g/mol. The van der Waals surface area contributed by atoms with Crippen LogP contribution in [0.5, 0.6) is 0 Å². The maximum atomic E-state index is 4.30. The fourth-order valence-electron chi connectivity index (χ4n) is 2.17. The number of hydrogen-bond acceptors (Lipinski definition) is 2. The SMILES string of the molecule is c1ncc(C2CC2)c2c1NCCC2. The van der Waals surface area contributed by atoms with Crippen LogP contribution in [-0.4, -0.2) is 11.5 Å². The largest absolute Gasteiger partial charge is 0.384 e. The van der Waals surface area contributed by atoms with Crippen LogP contribution in [0.3, 0.4) is 0 Å². The molecule has 1 saturated carbocycles. The van der Waals surface area contributed by atoms with E-state index in [2.05, 4.69) is 16.5 Å². The van der Waals surface area contributed by atoms with E-state index in [1.807, 2.05) is 6.20 Å². The van der Waals surface area contributed by atoms with Gasteiger partial charge in [0.05, 0.1) is 11.9 Å². The Morgan fingerprint density at radius 2 is 2.23 bits per heavy atom. The Bertz CT molecular complexity index is 329. The molecule has 0 saturated heterocycles. The Balaban J connectivity index is 2.07. The van der Waals surface area contributed by atoms with E-state index in [4.69, 9.17) is 0 Å². The van der Waals surface area contributed by atoms with Gasteiger partial charge in [-0.3, -0.25) is 4.98 Å². The second-order valence-corrected chi connectivity index (χ2v) is 4.06. The Kier molecular flexibility index (Phi) is 1.54. The Morgan fingerprint density at radius 3 is 3.08 bits per heavy atom. The normalized spacial score (nSPS) is 20.6. The molecule has 0 amide bonds. The smallest absolute Gasteiger partial charge is 0.0562 e. The van der Waals surface area contributed by atoms with Crippen molar-refractivity contribution in [1.82, 2.24) is 4.98 Å². The molecule has 1 aromatic heterocycles. The molecule has 2 heteroatoms. The van der Waals surface area contributed by atoms with E-state index in [9.17, 15) is 0 Å². The van der Waals surface area contributed by atoms with E-state index in [1.54, 1.807) is 5.56 Å². The number of nitrogens with zero attached hydrogens (tertiary/aromatic N) is 1. The molecule has 1 fully saturated rings. The zero-order valence-corrected chi connectivity index (χ0v) is 7.71. The van der Waals surface area contributed by atoms with Crippen LogP contribution in [0.4, 0.5) is 5.69 Å². The predicted molar refractivity (Wildman–Crippen MR) is 53.0 cm³/mol. The average Bonchev–Trinajstić information content (AvgIpc) is 3.00. The van der Waals surface area contributed by atoms with Crippen molar-refractivity contribution in [2.75, 3.05) is 11.9 Å². The second-order valence-electron chi connectivity index (χ2n) is 4.06. The van der Waals surface area contributed by atoms with Crippen molar-refractivity contribution in [2.45, 2.75) is 31.6 Å². The van der Waals surface area contributed by atoms with Crippen LogP contribution < -0.4 is 5.32 Å². The van der Waals surface area contributed by atoms with Crippen molar-refractivity contribution in [2.24, 2.45) is 0 Å². The number of nitrogens with one attached hydrogen (secondary N) is 1. The maximum Gasteiger partial charge on any atom is 0.0562 e. The minimum absolute atomic E-state index is 0.836. The summed E-state index contributed by atoms with van der Waals surface area (Å²) in [7, 11) is 0. The van der Waals surface area contributed by atoms with Gasteiger partial charge in [-0.15, -0.1) is 0 Å². The molecule has 0 spiro atoms. The molecule has 0 atom stereocenters. The van der Waals surface area contributed by atoms with Crippen molar-refractivity contribution in [3.63, 3.8) is 0 Å². The molecule has 1 N–H and O–H groups in total. The van der Waals surface area contributed by atoms with Crippen molar-refractivity contribution in [3.8, 4) is 0 Å². The van der Waals surface area contributed by atoms with Crippen LogP contribution in [0.15, 0.2) is 12.4 Å².